The minimum atomic E-state index is -0.490. The van der Waals surface area contributed by atoms with Crippen LogP contribution >= 0.6 is 0 Å². The van der Waals surface area contributed by atoms with Gasteiger partial charge in [0.1, 0.15) is 11.4 Å². The first-order valence-corrected chi connectivity index (χ1v) is 7.99. The molecule has 2 rings (SSSR count). The van der Waals surface area contributed by atoms with Gasteiger partial charge in [-0.3, -0.25) is 4.79 Å². The van der Waals surface area contributed by atoms with Crippen LogP contribution in [-0.4, -0.2) is 48.2 Å². The van der Waals surface area contributed by atoms with Crippen LogP contribution in [0.1, 0.15) is 27.2 Å². The Morgan fingerprint density at radius 1 is 1.29 bits per heavy atom. The summed E-state index contributed by atoms with van der Waals surface area (Å²) in [7, 11) is 0. The second-order valence-corrected chi connectivity index (χ2v) is 6.79. The summed E-state index contributed by atoms with van der Waals surface area (Å²) in [5.74, 6) is 0.266. The van der Waals surface area contributed by atoms with E-state index in [0.29, 0.717) is 18.8 Å². The van der Waals surface area contributed by atoms with Crippen LogP contribution < -0.4 is 15.8 Å². The van der Waals surface area contributed by atoms with Gasteiger partial charge in [-0.15, -0.1) is 0 Å². The van der Waals surface area contributed by atoms with Crippen LogP contribution in [0.4, 0.5) is 10.5 Å². The Labute approximate surface area is 142 Å². The molecule has 1 aromatic carbocycles. The number of anilines is 1. The molecule has 7 nitrogen and oxygen atoms in total. The molecule has 0 aromatic heterocycles. The number of likely N-dealkylation sites (tertiary alicyclic amines) is 1. The van der Waals surface area contributed by atoms with Crippen LogP contribution in [0.5, 0.6) is 5.75 Å². The van der Waals surface area contributed by atoms with Crippen molar-refractivity contribution in [2.24, 2.45) is 5.73 Å². The van der Waals surface area contributed by atoms with E-state index in [0.717, 1.165) is 5.69 Å². The second-order valence-electron chi connectivity index (χ2n) is 6.79. The number of nitrogens with zero attached hydrogens (tertiary/aromatic N) is 1. The van der Waals surface area contributed by atoms with Gasteiger partial charge in [0.2, 0.25) is 5.91 Å². The van der Waals surface area contributed by atoms with E-state index in [1.807, 2.05) is 45.0 Å². The lowest BCUT2D eigenvalue weighted by Crippen LogP contribution is -2.57. The largest absolute Gasteiger partial charge is 0.491 e. The number of rotatable bonds is 6. The van der Waals surface area contributed by atoms with Gasteiger partial charge in [0, 0.05) is 13.1 Å². The summed E-state index contributed by atoms with van der Waals surface area (Å²) in [6.45, 7) is 6.93. The maximum absolute atomic E-state index is 11.9. The number of benzene rings is 1. The van der Waals surface area contributed by atoms with Crippen molar-refractivity contribution in [3.63, 3.8) is 0 Å². The normalized spacial score (nSPS) is 14.7. The Kier molecular flexibility index (Phi) is 5.54. The fourth-order valence-electron chi connectivity index (χ4n) is 2.24. The van der Waals surface area contributed by atoms with Crippen molar-refractivity contribution >= 4 is 17.7 Å². The number of hydrogen-bond acceptors (Lipinski definition) is 5. The number of carbonyl (C=O) groups excluding carboxylic acids is 2. The quantitative estimate of drug-likeness (QED) is 0.829. The number of ether oxygens (including phenoxy) is 2. The number of para-hydroxylation sites is 2. The molecule has 1 saturated heterocycles. The lowest BCUT2D eigenvalue weighted by Gasteiger charge is -2.40. The summed E-state index contributed by atoms with van der Waals surface area (Å²) >= 11 is 0. The molecule has 1 aromatic rings. The van der Waals surface area contributed by atoms with Crippen LogP contribution in [0.2, 0.25) is 0 Å². The van der Waals surface area contributed by atoms with Crippen molar-refractivity contribution in [2.45, 2.75) is 38.8 Å². The Balaban J connectivity index is 1.83. The predicted octanol–water partition coefficient (Wildman–Crippen LogP) is 1.97. The number of nitrogens with two attached hydrogens (primary N) is 1. The van der Waals surface area contributed by atoms with Gasteiger partial charge in [0.15, 0.2) is 0 Å². The van der Waals surface area contributed by atoms with Gasteiger partial charge in [0.05, 0.1) is 24.8 Å². The molecular weight excluding hydrogens is 310 g/mol. The van der Waals surface area contributed by atoms with Crippen LogP contribution in [0.15, 0.2) is 24.3 Å². The molecule has 132 valence electrons. The van der Waals surface area contributed by atoms with E-state index in [-0.39, 0.29) is 25.2 Å². The van der Waals surface area contributed by atoms with Crippen molar-refractivity contribution in [3.8, 4) is 5.75 Å². The van der Waals surface area contributed by atoms with Crippen molar-refractivity contribution < 1.29 is 19.1 Å². The molecule has 0 saturated carbocycles. The predicted molar refractivity (Wildman–Crippen MR) is 91.0 cm³/mol. The highest BCUT2D eigenvalue weighted by Crippen LogP contribution is 2.27. The zero-order chi connectivity index (χ0) is 17.7. The summed E-state index contributed by atoms with van der Waals surface area (Å²) in [5, 5.41) is 3.34. The van der Waals surface area contributed by atoms with E-state index in [2.05, 4.69) is 5.32 Å². The van der Waals surface area contributed by atoms with Gasteiger partial charge in [0.25, 0.3) is 0 Å². The number of carbonyl (C=O) groups is 2. The first kappa shape index (κ1) is 17.9. The molecule has 1 aliphatic heterocycles. The topological polar surface area (TPSA) is 93.9 Å². The minimum Gasteiger partial charge on any atom is -0.491 e. The molecule has 0 atom stereocenters. The maximum atomic E-state index is 11.9. The summed E-state index contributed by atoms with van der Waals surface area (Å²) in [6, 6.07) is 7.62. The van der Waals surface area contributed by atoms with Gasteiger partial charge in [-0.05, 0) is 32.9 Å². The highest BCUT2D eigenvalue weighted by Gasteiger charge is 2.33. The number of primary amides is 1. The average Bonchev–Trinajstić information content (AvgIpc) is 2.41. The molecule has 0 bridgehead atoms. The van der Waals surface area contributed by atoms with E-state index in [1.165, 1.54) is 0 Å². The summed E-state index contributed by atoms with van der Waals surface area (Å²) in [5.41, 5.74) is 5.45. The SMILES string of the molecule is CC(C)(C)OC(=O)N1CC(Nc2ccccc2OCCC(N)=O)C1. The van der Waals surface area contributed by atoms with E-state index in [1.54, 1.807) is 4.90 Å². The fourth-order valence-corrected chi connectivity index (χ4v) is 2.24. The third kappa shape index (κ3) is 5.33. The molecule has 7 heteroatoms. The molecule has 1 aliphatic rings. The van der Waals surface area contributed by atoms with Gasteiger partial charge in [-0.1, -0.05) is 12.1 Å². The van der Waals surface area contributed by atoms with Crippen LogP contribution in [0.3, 0.4) is 0 Å². The standard InChI is InChI=1S/C17H25N3O4/c1-17(2,3)24-16(22)20-10-12(11-20)19-13-6-4-5-7-14(13)23-9-8-15(18)21/h4-7,12,19H,8-11H2,1-3H3,(H2,18,21). The number of nitrogens with one attached hydrogen (secondary N) is 1. The van der Waals surface area contributed by atoms with Gasteiger partial charge < -0.3 is 25.4 Å². The Bertz CT molecular complexity index is 592. The Hall–Kier alpha value is -2.44. The smallest absolute Gasteiger partial charge is 0.410 e. The van der Waals surface area contributed by atoms with Crippen molar-refractivity contribution in [2.75, 3.05) is 25.0 Å². The van der Waals surface area contributed by atoms with Gasteiger partial charge >= 0.3 is 6.09 Å². The van der Waals surface area contributed by atoms with E-state index < -0.39 is 11.5 Å². The van der Waals surface area contributed by atoms with Gasteiger partial charge in [-0.25, -0.2) is 4.79 Å². The highest BCUT2D eigenvalue weighted by atomic mass is 16.6. The van der Waals surface area contributed by atoms with Crippen LogP contribution in [0.25, 0.3) is 0 Å². The van der Waals surface area contributed by atoms with E-state index >= 15 is 0 Å². The van der Waals surface area contributed by atoms with E-state index in [4.69, 9.17) is 15.2 Å². The molecular formula is C17H25N3O4. The molecule has 24 heavy (non-hydrogen) atoms. The molecule has 1 fully saturated rings. The average molecular weight is 335 g/mol. The number of amides is 2. The third-order valence-corrected chi connectivity index (χ3v) is 3.39. The van der Waals surface area contributed by atoms with Crippen molar-refractivity contribution in [1.82, 2.24) is 4.90 Å². The Morgan fingerprint density at radius 3 is 2.58 bits per heavy atom. The maximum Gasteiger partial charge on any atom is 0.410 e. The first-order valence-electron chi connectivity index (χ1n) is 7.99. The van der Waals surface area contributed by atoms with Crippen LogP contribution in [-0.2, 0) is 9.53 Å². The molecule has 3 N–H and O–H groups in total. The fraction of sp³-hybridized carbons (Fsp3) is 0.529. The Morgan fingerprint density at radius 2 is 1.96 bits per heavy atom. The molecule has 0 unspecified atom stereocenters. The van der Waals surface area contributed by atoms with Gasteiger partial charge in [-0.2, -0.15) is 0 Å². The first-order chi connectivity index (χ1) is 11.2. The minimum absolute atomic E-state index is 0.137. The zero-order valence-corrected chi connectivity index (χ0v) is 14.4. The molecule has 1 heterocycles. The third-order valence-electron chi connectivity index (χ3n) is 3.39. The number of hydrogen-bond donors (Lipinski definition) is 2. The van der Waals surface area contributed by atoms with E-state index in [9.17, 15) is 9.59 Å². The van der Waals surface area contributed by atoms with Crippen molar-refractivity contribution in [1.29, 1.82) is 0 Å². The summed E-state index contributed by atoms with van der Waals surface area (Å²) in [6.07, 6.45) is -0.129. The lowest BCUT2D eigenvalue weighted by atomic mass is 10.1. The molecule has 0 radical (unpaired) electrons. The van der Waals surface area contributed by atoms with Crippen molar-refractivity contribution in [3.05, 3.63) is 24.3 Å². The highest BCUT2D eigenvalue weighted by molar-refractivity contribution is 5.74. The molecule has 0 aliphatic carbocycles. The second kappa shape index (κ2) is 7.42. The summed E-state index contributed by atoms with van der Waals surface area (Å²) < 4.78 is 10.9. The monoisotopic (exact) mass is 335 g/mol. The molecule has 0 spiro atoms. The summed E-state index contributed by atoms with van der Waals surface area (Å²) in [4.78, 5) is 24.4. The molecule has 2 amide bonds. The zero-order valence-electron chi connectivity index (χ0n) is 14.4. The lowest BCUT2D eigenvalue weighted by molar-refractivity contribution is -0.118. The van der Waals surface area contributed by atoms with Crippen LogP contribution in [0, 0.1) is 0 Å².